The van der Waals surface area contributed by atoms with E-state index < -0.39 is 0 Å². The van der Waals surface area contributed by atoms with Crippen LogP contribution in [0.4, 0.5) is 0 Å². The second kappa shape index (κ2) is 5.74. The highest BCUT2D eigenvalue weighted by molar-refractivity contribution is 5.94. The Kier molecular flexibility index (Phi) is 4.25. The maximum atomic E-state index is 12.3. The maximum Gasteiger partial charge on any atom is 0.251 e. The van der Waals surface area contributed by atoms with E-state index in [4.69, 9.17) is 5.73 Å². The lowest BCUT2D eigenvalue weighted by atomic mass is 9.78. The highest BCUT2D eigenvalue weighted by Crippen LogP contribution is 2.31. The van der Waals surface area contributed by atoms with Gasteiger partial charge in [0.25, 0.3) is 5.91 Å². The van der Waals surface area contributed by atoms with Gasteiger partial charge in [0.15, 0.2) is 0 Å². The molecule has 1 aliphatic carbocycles. The summed E-state index contributed by atoms with van der Waals surface area (Å²) in [6, 6.07) is 7.54. The molecule has 1 aromatic rings. The summed E-state index contributed by atoms with van der Waals surface area (Å²) in [5, 5.41) is 3.20. The summed E-state index contributed by atoms with van der Waals surface area (Å²) in [5.74, 6) is 0.814. The minimum Gasteiger partial charge on any atom is -0.347 e. The Morgan fingerprint density at radius 3 is 2.42 bits per heavy atom. The van der Waals surface area contributed by atoms with Gasteiger partial charge in [-0.3, -0.25) is 4.79 Å². The predicted molar refractivity (Wildman–Crippen MR) is 77.8 cm³/mol. The van der Waals surface area contributed by atoms with Gasteiger partial charge in [0, 0.05) is 17.6 Å². The van der Waals surface area contributed by atoms with Gasteiger partial charge in [-0.05, 0) is 56.2 Å². The average Bonchev–Trinajstić information content (AvgIpc) is 2.42. The quantitative estimate of drug-likeness (QED) is 0.878. The number of rotatable bonds is 3. The van der Waals surface area contributed by atoms with Gasteiger partial charge in [-0.1, -0.05) is 19.1 Å². The van der Waals surface area contributed by atoms with Gasteiger partial charge in [0.2, 0.25) is 0 Å². The fourth-order valence-electron chi connectivity index (χ4n) is 2.66. The third-order valence-electron chi connectivity index (χ3n) is 4.24. The fraction of sp³-hybridized carbons (Fsp3) is 0.562. The summed E-state index contributed by atoms with van der Waals surface area (Å²) in [7, 11) is 0. The number of hydrogen-bond donors (Lipinski definition) is 2. The molecular formula is C16H24N2O. The van der Waals surface area contributed by atoms with Gasteiger partial charge >= 0.3 is 0 Å². The molecule has 2 rings (SSSR count). The predicted octanol–water partition coefficient (Wildman–Crippen LogP) is 2.84. The van der Waals surface area contributed by atoms with Crippen LogP contribution in [0.1, 0.15) is 55.5 Å². The van der Waals surface area contributed by atoms with E-state index in [2.05, 4.69) is 19.2 Å². The second-order valence-electron chi connectivity index (χ2n) is 6.10. The molecule has 0 unspecified atom stereocenters. The van der Waals surface area contributed by atoms with E-state index in [1.54, 1.807) is 0 Å². The van der Waals surface area contributed by atoms with Gasteiger partial charge in [0.05, 0.1) is 0 Å². The standard InChI is InChI=1S/C16H24N2O/c1-12-7-9-16(2,10-8-12)18-15(19)14-5-3-13(11-17)4-6-14/h3-6,12H,7-11,17H2,1-2H3,(H,18,19). The van der Waals surface area contributed by atoms with Gasteiger partial charge in [-0.25, -0.2) is 0 Å². The van der Waals surface area contributed by atoms with Crippen LogP contribution in [0, 0.1) is 5.92 Å². The van der Waals surface area contributed by atoms with E-state index >= 15 is 0 Å². The van der Waals surface area contributed by atoms with Gasteiger partial charge in [-0.15, -0.1) is 0 Å². The monoisotopic (exact) mass is 260 g/mol. The first-order valence-electron chi connectivity index (χ1n) is 7.14. The number of nitrogens with one attached hydrogen (secondary N) is 1. The molecule has 0 bridgehead atoms. The van der Waals surface area contributed by atoms with Crippen LogP contribution in [-0.2, 0) is 6.54 Å². The first-order valence-corrected chi connectivity index (χ1v) is 7.14. The lowest BCUT2D eigenvalue weighted by molar-refractivity contribution is 0.0870. The lowest BCUT2D eigenvalue weighted by Crippen LogP contribution is -2.48. The third kappa shape index (κ3) is 3.57. The number of nitrogens with two attached hydrogens (primary N) is 1. The Morgan fingerprint density at radius 1 is 1.32 bits per heavy atom. The van der Waals surface area contributed by atoms with Crippen LogP contribution in [0.25, 0.3) is 0 Å². The lowest BCUT2D eigenvalue weighted by Gasteiger charge is -2.37. The summed E-state index contributed by atoms with van der Waals surface area (Å²) in [6.45, 7) is 4.95. The van der Waals surface area contributed by atoms with Crippen LogP contribution in [0.2, 0.25) is 0 Å². The van der Waals surface area contributed by atoms with Gasteiger partial charge < -0.3 is 11.1 Å². The number of carbonyl (C=O) groups is 1. The molecule has 19 heavy (non-hydrogen) atoms. The minimum atomic E-state index is -0.0455. The highest BCUT2D eigenvalue weighted by atomic mass is 16.1. The summed E-state index contributed by atoms with van der Waals surface area (Å²) in [5.41, 5.74) is 7.28. The molecule has 0 aromatic heterocycles. The van der Waals surface area contributed by atoms with E-state index in [0.29, 0.717) is 6.54 Å². The SMILES string of the molecule is CC1CCC(C)(NC(=O)c2ccc(CN)cc2)CC1. The molecule has 3 nitrogen and oxygen atoms in total. The van der Waals surface area contributed by atoms with E-state index in [1.165, 1.54) is 12.8 Å². The van der Waals surface area contributed by atoms with Crippen molar-refractivity contribution in [3.63, 3.8) is 0 Å². The van der Waals surface area contributed by atoms with Crippen molar-refractivity contribution in [2.24, 2.45) is 11.7 Å². The Morgan fingerprint density at radius 2 is 1.89 bits per heavy atom. The van der Waals surface area contributed by atoms with E-state index in [-0.39, 0.29) is 11.4 Å². The molecular weight excluding hydrogens is 236 g/mol. The van der Waals surface area contributed by atoms with Crippen molar-refractivity contribution in [3.05, 3.63) is 35.4 Å². The molecule has 1 saturated carbocycles. The van der Waals surface area contributed by atoms with Crippen LogP contribution >= 0.6 is 0 Å². The highest BCUT2D eigenvalue weighted by Gasteiger charge is 2.31. The summed E-state index contributed by atoms with van der Waals surface area (Å²) in [4.78, 5) is 12.3. The molecule has 0 radical (unpaired) electrons. The average molecular weight is 260 g/mol. The molecule has 3 heteroatoms. The molecule has 0 heterocycles. The Balaban J connectivity index is 1.99. The summed E-state index contributed by atoms with van der Waals surface area (Å²) < 4.78 is 0. The molecule has 1 aliphatic rings. The van der Waals surface area contributed by atoms with Crippen molar-refractivity contribution in [2.45, 2.75) is 51.6 Å². The van der Waals surface area contributed by atoms with Gasteiger partial charge in [0.1, 0.15) is 0 Å². The molecule has 0 spiro atoms. The first kappa shape index (κ1) is 14.1. The maximum absolute atomic E-state index is 12.3. The minimum absolute atomic E-state index is 0.0284. The molecule has 1 aromatic carbocycles. The van der Waals surface area contributed by atoms with E-state index in [9.17, 15) is 4.79 Å². The van der Waals surface area contributed by atoms with Gasteiger partial charge in [-0.2, -0.15) is 0 Å². The van der Waals surface area contributed by atoms with Crippen molar-refractivity contribution < 1.29 is 4.79 Å². The smallest absolute Gasteiger partial charge is 0.251 e. The Hall–Kier alpha value is -1.35. The van der Waals surface area contributed by atoms with Crippen LogP contribution in [-0.4, -0.2) is 11.4 Å². The number of amides is 1. The normalized spacial score (nSPS) is 27.0. The summed E-state index contributed by atoms with van der Waals surface area (Å²) in [6.07, 6.45) is 4.54. The van der Waals surface area contributed by atoms with Crippen molar-refractivity contribution in [3.8, 4) is 0 Å². The first-order chi connectivity index (χ1) is 9.02. The second-order valence-corrected chi connectivity index (χ2v) is 6.10. The zero-order valence-electron chi connectivity index (χ0n) is 11.9. The van der Waals surface area contributed by atoms with Crippen LogP contribution in [0.3, 0.4) is 0 Å². The Labute approximate surface area is 115 Å². The Bertz CT molecular complexity index is 431. The molecule has 0 saturated heterocycles. The molecule has 0 aliphatic heterocycles. The fourth-order valence-corrected chi connectivity index (χ4v) is 2.66. The van der Waals surface area contributed by atoms with E-state index in [0.717, 1.165) is 29.9 Å². The molecule has 1 amide bonds. The number of carbonyl (C=O) groups excluding carboxylic acids is 1. The third-order valence-corrected chi connectivity index (χ3v) is 4.24. The van der Waals surface area contributed by atoms with Crippen molar-refractivity contribution in [1.82, 2.24) is 5.32 Å². The van der Waals surface area contributed by atoms with E-state index in [1.807, 2.05) is 24.3 Å². The van der Waals surface area contributed by atoms with Crippen LogP contribution in [0.5, 0.6) is 0 Å². The zero-order valence-corrected chi connectivity index (χ0v) is 11.9. The molecule has 104 valence electrons. The summed E-state index contributed by atoms with van der Waals surface area (Å²) >= 11 is 0. The number of hydrogen-bond acceptors (Lipinski definition) is 2. The van der Waals surface area contributed by atoms with Crippen molar-refractivity contribution in [2.75, 3.05) is 0 Å². The van der Waals surface area contributed by atoms with Crippen LogP contribution < -0.4 is 11.1 Å². The van der Waals surface area contributed by atoms with Crippen molar-refractivity contribution >= 4 is 5.91 Å². The zero-order chi connectivity index (χ0) is 13.9. The molecule has 3 N–H and O–H groups in total. The number of benzene rings is 1. The van der Waals surface area contributed by atoms with Crippen LogP contribution in [0.15, 0.2) is 24.3 Å². The largest absolute Gasteiger partial charge is 0.347 e. The molecule has 0 atom stereocenters. The van der Waals surface area contributed by atoms with Crippen molar-refractivity contribution in [1.29, 1.82) is 0 Å². The molecule has 1 fully saturated rings. The topological polar surface area (TPSA) is 55.1 Å².